The Morgan fingerprint density at radius 3 is 2.23 bits per heavy atom. The van der Waals surface area contributed by atoms with Crippen molar-refractivity contribution in [1.29, 1.82) is 0 Å². The van der Waals surface area contributed by atoms with Gasteiger partial charge in [-0.1, -0.05) is 83.3 Å². The molecular formula is C28H22F4IN3O2S. The van der Waals surface area contributed by atoms with Crippen LogP contribution >= 0.6 is 33.9 Å². The van der Waals surface area contributed by atoms with Crippen molar-refractivity contribution in [1.82, 2.24) is 10.3 Å². The maximum Gasteiger partial charge on any atom is 0.416 e. The smallest absolute Gasteiger partial charge is 0.337 e. The molecule has 0 bridgehead atoms. The van der Waals surface area contributed by atoms with E-state index < -0.39 is 40.5 Å². The zero-order chi connectivity index (χ0) is 28.2. The number of nitrogens with one attached hydrogen (secondary N) is 2. The highest BCUT2D eigenvalue weighted by molar-refractivity contribution is 14.1. The summed E-state index contributed by atoms with van der Waals surface area (Å²) in [5, 5.41) is 5.52. The Bertz CT molecular complexity index is 1480. The molecule has 0 aliphatic heterocycles. The van der Waals surface area contributed by atoms with Crippen LogP contribution in [0.1, 0.15) is 33.3 Å². The van der Waals surface area contributed by atoms with Crippen molar-refractivity contribution >= 4 is 50.9 Å². The van der Waals surface area contributed by atoms with E-state index in [9.17, 15) is 27.2 Å². The van der Waals surface area contributed by atoms with Gasteiger partial charge in [0.05, 0.1) is 11.3 Å². The summed E-state index contributed by atoms with van der Waals surface area (Å²) in [6, 6.07) is 20.8. The van der Waals surface area contributed by atoms with Crippen LogP contribution < -0.4 is 10.6 Å². The van der Waals surface area contributed by atoms with E-state index in [0.717, 1.165) is 16.0 Å². The summed E-state index contributed by atoms with van der Waals surface area (Å²) >= 11 is 3.19. The summed E-state index contributed by atoms with van der Waals surface area (Å²) in [6.45, 7) is 1.44. The molecule has 4 rings (SSSR count). The van der Waals surface area contributed by atoms with Gasteiger partial charge in [0.2, 0.25) is 0 Å². The van der Waals surface area contributed by atoms with Crippen molar-refractivity contribution in [2.45, 2.75) is 25.1 Å². The van der Waals surface area contributed by atoms with Crippen LogP contribution in [0.2, 0.25) is 0 Å². The van der Waals surface area contributed by atoms with Gasteiger partial charge in [0, 0.05) is 26.9 Å². The van der Waals surface area contributed by atoms with E-state index in [1.54, 1.807) is 0 Å². The highest BCUT2D eigenvalue weighted by Gasteiger charge is 2.36. The van der Waals surface area contributed by atoms with Crippen LogP contribution in [0.5, 0.6) is 0 Å². The molecule has 2 amide bonds. The first-order chi connectivity index (χ1) is 18.5. The monoisotopic (exact) mass is 667 g/mol. The molecule has 0 saturated heterocycles. The van der Waals surface area contributed by atoms with E-state index in [4.69, 9.17) is 0 Å². The third-order valence-electron chi connectivity index (χ3n) is 5.82. The number of hydrogen-bond acceptors (Lipinski definition) is 4. The molecule has 0 fully saturated rings. The Morgan fingerprint density at radius 1 is 0.974 bits per heavy atom. The van der Waals surface area contributed by atoms with Crippen molar-refractivity contribution < 1.29 is 27.2 Å². The molecule has 1 atom stereocenters. The van der Waals surface area contributed by atoms with Crippen LogP contribution in [0, 0.1) is 5.82 Å². The number of halogens is 5. The lowest BCUT2D eigenvalue weighted by atomic mass is 10.0. The molecule has 4 aromatic rings. The summed E-state index contributed by atoms with van der Waals surface area (Å²) in [7, 11) is 0. The van der Waals surface area contributed by atoms with Gasteiger partial charge < -0.3 is 5.32 Å². The Morgan fingerprint density at radius 2 is 1.62 bits per heavy atom. The first-order valence-corrected chi connectivity index (χ1v) is 14.0. The van der Waals surface area contributed by atoms with E-state index in [0.29, 0.717) is 35.4 Å². The second-order valence-electron chi connectivity index (χ2n) is 8.92. The molecule has 3 aromatic carbocycles. The predicted molar refractivity (Wildman–Crippen MR) is 152 cm³/mol. The normalized spacial score (nSPS) is 13.0. The van der Waals surface area contributed by atoms with Gasteiger partial charge >= 0.3 is 6.18 Å². The average Bonchev–Trinajstić information content (AvgIpc) is 3.30. The predicted octanol–water partition coefficient (Wildman–Crippen LogP) is 7.12. The molecule has 1 unspecified atom stereocenters. The molecule has 1 heterocycles. The van der Waals surface area contributed by atoms with Crippen molar-refractivity contribution in [3.63, 3.8) is 0 Å². The van der Waals surface area contributed by atoms with Crippen molar-refractivity contribution in [3.05, 3.63) is 106 Å². The Balaban J connectivity index is 1.58. The second-order valence-corrected chi connectivity index (χ2v) is 10.8. The van der Waals surface area contributed by atoms with Crippen LogP contribution in [0.25, 0.3) is 11.3 Å². The quantitative estimate of drug-likeness (QED) is 0.120. The van der Waals surface area contributed by atoms with Gasteiger partial charge in [-0.2, -0.15) is 13.2 Å². The molecule has 0 aliphatic rings. The van der Waals surface area contributed by atoms with Crippen LogP contribution in [-0.4, -0.2) is 26.8 Å². The van der Waals surface area contributed by atoms with Gasteiger partial charge in [0.15, 0.2) is 5.13 Å². The highest BCUT2D eigenvalue weighted by atomic mass is 127. The zero-order valence-corrected chi connectivity index (χ0v) is 23.5. The Hall–Kier alpha value is -3.32. The number of nitrogens with zero attached hydrogens (tertiary/aromatic N) is 1. The van der Waals surface area contributed by atoms with Gasteiger partial charge in [-0.25, -0.2) is 9.37 Å². The number of amides is 2. The number of benzene rings is 3. The number of hydrogen-bond donors (Lipinski definition) is 2. The van der Waals surface area contributed by atoms with E-state index in [1.807, 2.05) is 83.3 Å². The third-order valence-corrected chi connectivity index (χ3v) is 8.31. The molecule has 2 N–H and O–H groups in total. The van der Waals surface area contributed by atoms with Gasteiger partial charge in [0.1, 0.15) is 11.4 Å². The minimum absolute atomic E-state index is 0.0809. The number of carbonyl (C=O) groups excluding carboxylic acids is 2. The lowest BCUT2D eigenvalue weighted by molar-refractivity contribution is -0.137. The summed E-state index contributed by atoms with van der Waals surface area (Å²) in [4.78, 5) is 31.7. The molecule has 11 heteroatoms. The van der Waals surface area contributed by atoms with Gasteiger partial charge in [-0.3, -0.25) is 14.9 Å². The van der Waals surface area contributed by atoms with Crippen molar-refractivity contribution in [2.75, 3.05) is 9.74 Å². The number of anilines is 1. The number of carbonyl (C=O) groups is 2. The summed E-state index contributed by atoms with van der Waals surface area (Å²) in [6.07, 6.45) is -4.25. The fourth-order valence-electron chi connectivity index (χ4n) is 3.72. The zero-order valence-electron chi connectivity index (χ0n) is 20.5. The SMILES string of the molecule is CC(CI)(NC(=O)c1cc(F)cc(C(F)(F)F)c1)C(=O)Nc1nc(-c2ccccc2)c(Cc2ccccc2)s1. The fraction of sp³-hybridized carbons (Fsp3) is 0.179. The standard InChI is InChI=1S/C28H22F4IN3O2S/c1-27(16-33,36-24(37)19-13-20(28(30,31)32)15-21(29)14-19)25(38)35-26-34-23(18-10-6-3-7-11-18)22(39-26)12-17-8-4-2-5-9-17/h2-11,13-15H,12,16H2,1H3,(H,36,37)(H,34,35,38). The Labute approximate surface area is 239 Å². The maximum atomic E-state index is 13.8. The average molecular weight is 667 g/mol. The van der Waals surface area contributed by atoms with E-state index in [2.05, 4.69) is 15.6 Å². The van der Waals surface area contributed by atoms with Crippen LogP contribution in [0.3, 0.4) is 0 Å². The Kier molecular flexibility index (Phi) is 8.70. The number of alkyl halides is 4. The molecule has 0 aliphatic carbocycles. The largest absolute Gasteiger partial charge is 0.416 e. The maximum absolute atomic E-state index is 13.8. The van der Waals surface area contributed by atoms with Crippen molar-refractivity contribution in [2.24, 2.45) is 0 Å². The molecule has 39 heavy (non-hydrogen) atoms. The molecule has 202 valence electrons. The lowest BCUT2D eigenvalue weighted by Crippen LogP contribution is -2.56. The summed E-state index contributed by atoms with van der Waals surface area (Å²) < 4.78 is 53.3. The van der Waals surface area contributed by atoms with Gasteiger partial charge in [0.25, 0.3) is 11.8 Å². The fourth-order valence-corrected chi connectivity index (χ4v) is 5.27. The molecule has 0 spiro atoms. The van der Waals surface area contributed by atoms with Crippen LogP contribution in [-0.2, 0) is 17.4 Å². The summed E-state index contributed by atoms with van der Waals surface area (Å²) in [5.74, 6) is -2.83. The second kappa shape index (κ2) is 11.8. The topological polar surface area (TPSA) is 71.1 Å². The third kappa shape index (κ3) is 7.01. The molecule has 0 saturated carbocycles. The number of thiazole rings is 1. The number of rotatable bonds is 8. The lowest BCUT2D eigenvalue weighted by Gasteiger charge is -2.27. The minimum atomic E-state index is -4.83. The summed E-state index contributed by atoms with van der Waals surface area (Å²) in [5.41, 5.74) is -0.724. The van der Waals surface area contributed by atoms with E-state index >= 15 is 0 Å². The van der Waals surface area contributed by atoms with Crippen molar-refractivity contribution in [3.8, 4) is 11.3 Å². The van der Waals surface area contributed by atoms with E-state index in [-0.39, 0.29) is 4.43 Å². The first kappa shape index (κ1) is 28.7. The molecule has 0 radical (unpaired) electrons. The highest BCUT2D eigenvalue weighted by Crippen LogP contribution is 2.34. The van der Waals surface area contributed by atoms with Gasteiger partial charge in [-0.05, 0) is 30.7 Å². The molecule has 1 aromatic heterocycles. The number of aromatic nitrogens is 1. The minimum Gasteiger partial charge on any atom is -0.337 e. The van der Waals surface area contributed by atoms with E-state index in [1.165, 1.54) is 18.3 Å². The van der Waals surface area contributed by atoms with Gasteiger partial charge in [-0.15, -0.1) is 11.3 Å². The van der Waals surface area contributed by atoms with Crippen LogP contribution in [0.15, 0.2) is 78.9 Å². The van der Waals surface area contributed by atoms with Crippen LogP contribution in [0.4, 0.5) is 22.7 Å². The molecule has 5 nitrogen and oxygen atoms in total. The molecular weight excluding hydrogens is 645 g/mol. The first-order valence-electron chi connectivity index (χ1n) is 11.7.